The number of hydrogen-bond acceptors (Lipinski definition) is 4. The van der Waals surface area contributed by atoms with Gasteiger partial charge in [0.1, 0.15) is 5.75 Å². The minimum Gasteiger partial charge on any atom is -0.508 e. The largest absolute Gasteiger partial charge is 0.508 e. The first kappa shape index (κ1) is 14.3. The van der Waals surface area contributed by atoms with E-state index in [0.717, 1.165) is 38.3 Å². The third-order valence-corrected chi connectivity index (χ3v) is 3.37. The lowest BCUT2D eigenvalue weighted by molar-refractivity contribution is -0.118. The van der Waals surface area contributed by atoms with Crippen LogP contribution in [0.1, 0.15) is 36.0 Å². The molecule has 1 fully saturated rings. The molecule has 0 aliphatic carbocycles. The number of carboxylic acids is 1. The van der Waals surface area contributed by atoms with Gasteiger partial charge in [-0.1, -0.05) is 12.8 Å². The molecule has 0 aromatic heterocycles. The summed E-state index contributed by atoms with van der Waals surface area (Å²) in [5.41, 5.74) is 0.0818. The first-order chi connectivity index (χ1) is 9.58. The average molecular weight is 278 g/mol. The Balaban J connectivity index is 2.12. The van der Waals surface area contributed by atoms with Gasteiger partial charge in [-0.05, 0) is 37.6 Å². The van der Waals surface area contributed by atoms with Crippen molar-refractivity contribution in [3.05, 3.63) is 23.8 Å². The van der Waals surface area contributed by atoms with Crippen LogP contribution in [-0.2, 0) is 4.79 Å². The van der Waals surface area contributed by atoms with Crippen LogP contribution in [0.3, 0.4) is 0 Å². The van der Waals surface area contributed by atoms with E-state index in [4.69, 9.17) is 5.11 Å². The van der Waals surface area contributed by atoms with E-state index in [1.54, 1.807) is 0 Å². The first-order valence-corrected chi connectivity index (χ1v) is 6.68. The fraction of sp³-hybridized carbons (Fsp3) is 0.429. The molecule has 1 atom stereocenters. The first-order valence-electron chi connectivity index (χ1n) is 6.68. The van der Waals surface area contributed by atoms with Crippen LogP contribution in [0.5, 0.6) is 5.75 Å². The average Bonchev–Trinajstić information content (AvgIpc) is 2.69. The van der Waals surface area contributed by atoms with E-state index in [9.17, 15) is 14.7 Å². The molecule has 1 aromatic carbocycles. The second kappa shape index (κ2) is 6.38. The molecular weight excluding hydrogens is 260 g/mol. The smallest absolute Gasteiger partial charge is 0.337 e. The fourth-order valence-electron chi connectivity index (χ4n) is 2.29. The van der Waals surface area contributed by atoms with E-state index < -0.39 is 5.97 Å². The molecule has 4 N–H and O–H groups in total. The number of phenols is 1. The number of carbonyl (C=O) groups excluding carboxylic acids is 1. The number of carboxylic acid groups (broad SMARTS) is 1. The SMILES string of the molecule is O=C(O)c1cc(O)ccc1NC(=O)C1CCCCCN1. The summed E-state index contributed by atoms with van der Waals surface area (Å²) in [6.07, 6.45) is 3.86. The highest BCUT2D eigenvalue weighted by Gasteiger charge is 2.21. The lowest BCUT2D eigenvalue weighted by Gasteiger charge is -2.16. The van der Waals surface area contributed by atoms with Gasteiger partial charge in [0.25, 0.3) is 0 Å². The maximum atomic E-state index is 12.2. The number of phenolic OH excluding ortho intramolecular Hbond substituents is 1. The zero-order chi connectivity index (χ0) is 14.5. The molecule has 2 rings (SSSR count). The van der Waals surface area contributed by atoms with Crippen molar-refractivity contribution in [2.24, 2.45) is 0 Å². The van der Waals surface area contributed by atoms with Crippen LogP contribution in [0.25, 0.3) is 0 Å². The molecule has 108 valence electrons. The van der Waals surface area contributed by atoms with E-state index in [1.165, 1.54) is 12.1 Å². The highest BCUT2D eigenvalue weighted by molar-refractivity contribution is 6.02. The maximum absolute atomic E-state index is 12.2. The van der Waals surface area contributed by atoms with Crippen LogP contribution in [0, 0.1) is 0 Å². The molecule has 1 amide bonds. The molecule has 1 aromatic rings. The number of benzene rings is 1. The number of aromatic carboxylic acids is 1. The molecule has 0 spiro atoms. The van der Waals surface area contributed by atoms with Crippen LogP contribution in [0.2, 0.25) is 0 Å². The predicted octanol–water partition coefficient (Wildman–Crippen LogP) is 1.56. The van der Waals surface area contributed by atoms with Gasteiger partial charge in [-0.15, -0.1) is 0 Å². The van der Waals surface area contributed by atoms with E-state index in [0.29, 0.717) is 0 Å². The normalized spacial score (nSPS) is 19.1. The predicted molar refractivity (Wildman–Crippen MR) is 74.0 cm³/mol. The van der Waals surface area contributed by atoms with Gasteiger partial charge in [-0.2, -0.15) is 0 Å². The van der Waals surface area contributed by atoms with E-state index >= 15 is 0 Å². The lowest BCUT2D eigenvalue weighted by atomic mass is 10.1. The molecule has 20 heavy (non-hydrogen) atoms. The topological polar surface area (TPSA) is 98.7 Å². The summed E-state index contributed by atoms with van der Waals surface area (Å²) in [5.74, 6) is -1.57. The van der Waals surface area contributed by atoms with E-state index in [1.807, 2.05) is 0 Å². The minimum absolute atomic E-state index is 0.119. The zero-order valence-corrected chi connectivity index (χ0v) is 11.1. The molecule has 0 radical (unpaired) electrons. The van der Waals surface area contributed by atoms with Crippen LogP contribution in [-0.4, -0.2) is 34.7 Å². The summed E-state index contributed by atoms with van der Waals surface area (Å²) in [5, 5.41) is 24.2. The Kier molecular flexibility index (Phi) is 4.57. The Morgan fingerprint density at radius 3 is 2.80 bits per heavy atom. The fourth-order valence-corrected chi connectivity index (χ4v) is 2.29. The number of nitrogens with one attached hydrogen (secondary N) is 2. The Morgan fingerprint density at radius 2 is 2.05 bits per heavy atom. The van der Waals surface area contributed by atoms with Crippen LogP contribution >= 0.6 is 0 Å². The van der Waals surface area contributed by atoms with Crippen molar-refractivity contribution in [3.63, 3.8) is 0 Å². The maximum Gasteiger partial charge on any atom is 0.337 e. The molecule has 0 saturated carbocycles. The molecule has 6 nitrogen and oxygen atoms in total. The summed E-state index contributed by atoms with van der Waals surface area (Å²) >= 11 is 0. The number of amides is 1. The van der Waals surface area contributed by atoms with Crippen molar-refractivity contribution in [2.75, 3.05) is 11.9 Å². The minimum atomic E-state index is -1.19. The lowest BCUT2D eigenvalue weighted by Crippen LogP contribution is -2.40. The third-order valence-electron chi connectivity index (χ3n) is 3.37. The van der Waals surface area contributed by atoms with Gasteiger partial charge in [0.15, 0.2) is 0 Å². The van der Waals surface area contributed by atoms with Crippen molar-refractivity contribution in [1.29, 1.82) is 0 Å². The molecule has 6 heteroatoms. The Bertz CT molecular complexity index is 508. The monoisotopic (exact) mass is 278 g/mol. The molecule has 0 bridgehead atoms. The quantitative estimate of drug-likeness (QED) is 0.629. The zero-order valence-electron chi connectivity index (χ0n) is 11.1. The van der Waals surface area contributed by atoms with Gasteiger partial charge in [0.2, 0.25) is 5.91 Å². The molecule has 1 aliphatic rings. The van der Waals surface area contributed by atoms with Crippen LogP contribution in [0.15, 0.2) is 18.2 Å². The standard InChI is InChI=1S/C14H18N2O4/c17-9-5-6-11(10(8-9)14(19)20)16-13(18)12-4-2-1-3-7-15-12/h5-6,8,12,15,17H,1-4,7H2,(H,16,18)(H,19,20). The van der Waals surface area contributed by atoms with Crippen molar-refractivity contribution in [1.82, 2.24) is 5.32 Å². The van der Waals surface area contributed by atoms with Gasteiger partial charge >= 0.3 is 5.97 Å². The highest BCUT2D eigenvalue weighted by Crippen LogP contribution is 2.22. The van der Waals surface area contributed by atoms with Gasteiger partial charge in [-0.25, -0.2) is 4.79 Å². The third kappa shape index (κ3) is 3.48. The Hall–Kier alpha value is -2.08. The molecule has 1 heterocycles. The number of hydrogen-bond donors (Lipinski definition) is 4. The summed E-state index contributed by atoms with van der Waals surface area (Å²) in [4.78, 5) is 23.3. The van der Waals surface area contributed by atoms with Gasteiger partial charge in [0, 0.05) is 0 Å². The highest BCUT2D eigenvalue weighted by atomic mass is 16.4. The summed E-state index contributed by atoms with van der Waals surface area (Å²) < 4.78 is 0. The van der Waals surface area contributed by atoms with Crippen molar-refractivity contribution in [3.8, 4) is 5.75 Å². The number of rotatable bonds is 3. The second-order valence-electron chi connectivity index (χ2n) is 4.88. The molecule has 1 saturated heterocycles. The van der Waals surface area contributed by atoms with Gasteiger partial charge < -0.3 is 20.8 Å². The Morgan fingerprint density at radius 1 is 1.25 bits per heavy atom. The summed E-state index contributed by atoms with van der Waals surface area (Å²) in [7, 11) is 0. The summed E-state index contributed by atoms with van der Waals surface area (Å²) in [6, 6.07) is 3.57. The van der Waals surface area contributed by atoms with Gasteiger partial charge in [-0.3, -0.25) is 4.79 Å². The van der Waals surface area contributed by atoms with Gasteiger partial charge in [0.05, 0.1) is 17.3 Å². The van der Waals surface area contributed by atoms with Crippen molar-refractivity contribution < 1.29 is 19.8 Å². The summed E-state index contributed by atoms with van der Waals surface area (Å²) in [6.45, 7) is 0.791. The van der Waals surface area contributed by atoms with Crippen molar-refractivity contribution in [2.45, 2.75) is 31.7 Å². The second-order valence-corrected chi connectivity index (χ2v) is 4.88. The molecule has 1 unspecified atom stereocenters. The number of carbonyl (C=O) groups is 2. The van der Waals surface area contributed by atoms with Crippen molar-refractivity contribution >= 4 is 17.6 Å². The van der Waals surface area contributed by atoms with E-state index in [-0.39, 0.29) is 28.9 Å². The Labute approximate surface area is 116 Å². The van der Waals surface area contributed by atoms with Crippen LogP contribution in [0.4, 0.5) is 5.69 Å². The molecular formula is C14H18N2O4. The number of aromatic hydroxyl groups is 1. The number of anilines is 1. The molecule has 1 aliphatic heterocycles. The van der Waals surface area contributed by atoms with Crippen LogP contribution < -0.4 is 10.6 Å². The van der Waals surface area contributed by atoms with E-state index in [2.05, 4.69) is 10.6 Å².